The van der Waals surface area contributed by atoms with Crippen LogP contribution in [0.5, 0.6) is 0 Å². The Hall–Kier alpha value is -0.860. The van der Waals surface area contributed by atoms with Crippen molar-refractivity contribution < 1.29 is 4.39 Å². The largest absolute Gasteiger partial charge is 0.207 e. The lowest BCUT2D eigenvalue weighted by Gasteiger charge is -2.21. The van der Waals surface area contributed by atoms with Crippen molar-refractivity contribution in [3.8, 4) is 0 Å². The van der Waals surface area contributed by atoms with Crippen LogP contribution in [0.1, 0.15) is 38.8 Å². The summed E-state index contributed by atoms with van der Waals surface area (Å²) in [6, 6.07) is 6.83. The molecular formula is C17H17BrClF. The summed E-state index contributed by atoms with van der Waals surface area (Å²) in [4.78, 5) is 0. The van der Waals surface area contributed by atoms with Gasteiger partial charge in [-0.15, -0.1) is 11.6 Å². The molecule has 0 spiro atoms. The van der Waals surface area contributed by atoms with Gasteiger partial charge in [0.05, 0.1) is 5.38 Å². The fourth-order valence-corrected chi connectivity index (χ4v) is 3.72. The molecule has 106 valence electrons. The third kappa shape index (κ3) is 2.77. The Morgan fingerprint density at radius 2 is 1.55 bits per heavy atom. The van der Waals surface area contributed by atoms with Crippen molar-refractivity contribution in [3.05, 3.63) is 67.9 Å². The van der Waals surface area contributed by atoms with Gasteiger partial charge in [-0.1, -0.05) is 28.1 Å². The second kappa shape index (κ2) is 5.87. The van der Waals surface area contributed by atoms with Crippen molar-refractivity contribution in [2.45, 2.75) is 33.1 Å². The lowest BCUT2D eigenvalue weighted by atomic mass is 9.90. The molecule has 20 heavy (non-hydrogen) atoms. The highest BCUT2D eigenvalue weighted by Crippen LogP contribution is 2.39. The Morgan fingerprint density at radius 3 is 2.05 bits per heavy atom. The zero-order chi connectivity index (χ0) is 15.0. The van der Waals surface area contributed by atoms with E-state index in [9.17, 15) is 4.39 Å². The van der Waals surface area contributed by atoms with Crippen molar-refractivity contribution in [2.75, 3.05) is 0 Å². The molecule has 1 atom stereocenters. The fraction of sp³-hybridized carbons (Fsp3) is 0.294. The van der Waals surface area contributed by atoms with Crippen molar-refractivity contribution in [1.29, 1.82) is 0 Å². The molecule has 0 aromatic heterocycles. The van der Waals surface area contributed by atoms with E-state index in [4.69, 9.17) is 11.6 Å². The van der Waals surface area contributed by atoms with Crippen LogP contribution >= 0.6 is 27.5 Å². The van der Waals surface area contributed by atoms with Crippen LogP contribution in [0.15, 0.2) is 28.7 Å². The number of alkyl halides is 1. The number of hydrogen-bond donors (Lipinski definition) is 0. The molecule has 0 aliphatic carbocycles. The van der Waals surface area contributed by atoms with Crippen LogP contribution in [-0.2, 0) is 0 Å². The molecule has 0 saturated carbocycles. The van der Waals surface area contributed by atoms with Crippen LogP contribution in [0, 0.1) is 33.5 Å². The first kappa shape index (κ1) is 15.5. The molecule has 0 bridgehead atoms. The zero-order valence-electron chi connectivity index (χ0n) is 12.0. The topological polar surface area (TPSA) is 0 Å². The molecule has 0 saturated heterocycles. The van der Waals surface area contributed by atoms with Crippen LogP contribution in [0.2, 0.25) is 0 Å². The summed E-state index contributed by atoms with van der Waals surface area (Å²) in [5.74, 6) is -0.265. The molecule has 2 rings (SSSR count). The van der Waals surface area contributed by atoms with E-state index in [2.05, 4.69) is 49.7 Å². The molecule has 0 radical (unpaired) electrons. The van der Waals surface area contributed by atoms with Crippen molar-refractivity contribution in [2.24, 2.45) is 0 Å². The SMILES string of the molecule is Cc1cc(C)c(C)c(C(Cl)c2ccc(F)cc2Br)c1C. The Bertz CT molecular complexity index is 638. The van der Waals surface area contributed by atoms with Gasteiger partial charge in [0, 0.05) is 4.47 Å². The molecule has 0 heterocycles. The van der Waals surface area contributed by atoms with Crippen LogP contribution in [0.25, 0.3) is 0 Å². The molecule has 0 nitrogen and oxygen atoms in total. The van der Waals surface area contributed by atoms with E-state index < -0.39 is 0 Å². The second-order valence-corrected chi connectivity index (χ2v) is 6.49. The maximum absolute atomic E-state index is 13.2. The molecule has 2 aromatic rings. The molecule has 0 fully saturated rings. The van der Waals surface area contributed by atoms with Crippen molar-refractivity contribution >= 4 is 27.5 Å². The smallest absolute Gasteiger partial charge is 0.124 e. The van der Waals surface area contributed by atoms with Crippen LogP contribution in [-0.4, -0.2) is 0 Å². The summed E-state index contributed by atoms with van der Waals surface area (Å²) in [6.07, 6.45) is 0. The van der Waals surface area contributed by atoms with Gasteiger partial charge < -0.3 is 0 Å². The highest BCUT2D eigenvalue weighted by atomic mass is 79.9. The number of rotatable bonds is 2. The minimum atomic E-state index is -0.288. The van der Waals surface area contributed by atoms with Gasteiger partial charge in [-0.3, -0.25) is 0 Å². The van der Waals surface area contributed by atoms with Gasteiger partial charge in [-0.05, 0) is 73.2 Å². The van der Waals surface area contributed by atoms with Gasteiger partial charge >= 0.3 is 0 Å². The summed E-state index contributed by atoms with van der Waals surface area (Å²) in [5, 5.41) is -0.288. The van der Waals surface area contributed by atoms with Gasteiger partial charge in [0.1, 0.15) is 5.82 Å². The molecule has 0 aliphatic rings. The number of halogens is 3. The summed E-state index contributed by atoms with van der Waals surface area (Å²) in [7, 11) is 0. The molecular weight excluding hydrogens is 339 g/mol. The van der Waals surface area contributed by atoms with Crippen LogP contribution in [0.3, 0.4) is 0 Å². The molecule has 0 aliphatic heterocycles. The van der Waals surface area contributed by atoms with Gasteiger partial charge in [0.25, 0.3) is 0 Å². The Balaban J connectivity index is 2.62. The first-order valence-corrected chi connectivity index (χ1v) is 7.72. The average Bonchev–Trinajstić information content (AvgIpc) is 2.36. The van der Waals surface area contributed by atoms with E-state index in [0.717, 1.165) is 11.1 Å². The third-order valence-corrected chi connectivity index (χ3v) is 5.05. The predicted molar refractivity (Wildman–Crippen MR) is 87.2 cm³/mol. The Morgan fingerprint density at radius 1 is 1.00 bits per heavy atom. The standard InChI is InChI=1S/C17H17BrClF/c1-9-7-10(2)12(4)16(11(9)3)17(19)14-6-5-13(20)8-15(14)18/h5-8,17H,1-4H3. The van der Waals surface area contributed by atoms with Crippen LogP contribution in [0.4, 0.5) is 4.39 Å². The van der Waals surface area contributed by atoms with Crippen LogP contribution < -0.4 is 0 Å². The summed E-state index contributed by atoms with van der Waals surface area (Å²) in [6.45, 7) is 8.36. The molecule has 0 N–H and O–H groups in total. The van der Waals surface area contributed by atoms with Crippen molar-refractivity contribution in [1.82, 2.24) is 0 Å². The highest BCUT2D eigenvalue weighted by Gasteiger charge is 2.20. The van der Waals surface area contributed by atoms with E-state index in [1.807, 2.05) is 0 Å². The highest BCUT2D eigenvalue weighted by molar-refractivity contribution is 9.10. The quantitative estimate of drug-likeness (QED) is 0.567. The summed E-state index contributed by atoms with van der Waals surface area (Å²) in [5.41, 5.74) is 6.87. The minimum absolute atomic E-state index is 0.265. The number of aryl methyl sites for hydroxylation is 2. The van der Waals surface area contributed by atoms with E-state index in [1.54, 1.807) is 6.07 Å². The second-order valence-electron chi connectivity index (χ2n) is 5.20. The Kier molecular flexibility index (Phi) is 4.55. The van der Waals surface area contributed by atoms with E-state index in [0.29, 0.717) is 4.47 Å². The van der Waals surface area contributed by atoms with Gasteiger partial charge in [-0.25, -0.2) is 4.39 Å². The normalized spacial score (nSPS) is 12.6. The van der Waals surface area contributed by atoms with Crippen molar-refractivity contribution in [3.63, 3.8) is 0 Å². The lowest BCUT2D eigenvalue weighted by Crippen LogP contribution is -2.04. The molecule has 0 amide bonds. The summed E-state index contributed by atoms with van der Waals surface area (Å²) >= 11 is 10.1. The van der Waals surface area contributed by atoms with E-state index >= 15 is 0 Å². The third-order valence-electron chi connectivity index (χ3n) is 3.91. The minimum Gasteiger partial charge on any atom is -0.207 e. The van der Waals surface area contributed by atoms with Gasteiger partial charge in [-0.2, -0.15) is 0 Å². The Labute approximate surface area is 133 Å². The maximum Gasteiger partial charge on any atom is 0.124 e. The average molecular weight is 356 g/mol. The van der Waals surface area contributed by atoms with E-state index in [1.165, 1.54) is 34.4 Å². The molecule has 3 heteroatoms. The first-order chi connectivity index (χ1) is 9.32. The van der Waals surface area contributed by atoms with Gasteiger partial charge in [0.15, 0.2) is 0 Å². The first-order valence-electron chi connectivity index (χ1n) is 6.49. The van der Waals surface area contributed by atoms with Gasteiger partial charge in [0.2, 0.25) is 0 Å². The number of hydrogen-bond acceptors (Lipinski definition) is 0. The number of benzene rings is 2. The lowest BCUT2D eigenvalue weighted by molar-refractivity contribution is 0.626. The summed E-state index contributed by atoms with van der Waals surface area (Å²) < 4.78 is 13.9. The monoisotopic (exact) mass is 354 g/mol. The zero-order valence-corrected chi connectivity index (χ0v) is 14.4. The fourth-order valence-electron chi connectivity index (χ4n) is 2.49. The maximum atomic E-state index is 13.2. The predicted octanol–water partition coefficient (Wildman–Crippen LogP) is 6.15. The van der Waals surface area contributed by atoms with E-state index in [-0.39, 0.29) is 11.2 Å². The molecule has 1 unspecified atom stereocenters. The molecule has 2 aromatic carbocycles.